The summed E-state index contributed by atoms with van der Waals surface area (Å²) < 4.78 is 0. The normalized spacial score (nSPS) is 11.2. The van der Waals surface area contributed by atoms with E-state index in [0.717, 1.165) is 16.9 Å². The van der Waals surface area contributed by atoms with Crippen LogP contribution in [0.1, 0.15) is 31.9 Å². The lowest BCUT2D eigenvalue weighted by atomic mass is 9.87. The molecule has 0 heterocycles. The number of carbonyl (C=O) groups excluding carboxylic acids is 1. The van der Waals surface area contributed by atoms with Crippen LogP contribution in [0, 0.1) is 6.92 Å². The van der Waals surface area contributed by atoms with E-state index in [1.54, 1.807) is 0 Å². The fraction of sp³-hybridized carbons (Fsp3) is 0.316. The summed E-state index contributed by atoms with van der Waals surface area (Å²) in [6, 6.07) is 13.6. The van der Waals surface area contributed by atoms with E-state index in [4.69, 9.17) is 11.6 Å². The van der Waals surface area contributed by atoms with Crippen molar-refractivity contribution in [3.05, 3.63) is 58.6 Å². The number of carbonyl (C=O) groups is 1. The first kappa shape index (κ1) is 17.4. The lowest BCUT2D eigenvalue weighted by Gasteiger charge is -2.19. The Kier molecular flexibility index (Phi) is 5.32. The summed E-state index contributed by atoms with van der Waals surface area (Å²) in [6.07, 6.45) is 0. The highest BCUT2D eigenvalue weighted by atomic mass is 35.5. The third-order valence-corrected chi connectivity index (χ3v) is 3.91. The maximum atomic E-state index is 12.0. The van der Waals surface area contributed by atoms with Crippen LogP contribution in [0.25, 0.3) is 0 Å². The molecule has 0 aliphatic carbocycles. The molecule has 1 amide bonds. The maximum Gasteiger partial charge on any atom is 0.243 e. The molecule has 0 saturated heterocycles. The van der Waals surface area contributed by atoms with Gasteiger partial charge in [0.05, 0.1) is 17.3 Å². The van der Waals surface area contributed by atoms with Gasteiger partial charge in [-0.1, -0.05) is 50.6 Å². The van der Waals surface area contributed by atoms with Crippen molar-refractivity contribution in [1.29, 1.82) is 0 Å². The fourth-order valence-corrected chi connectivity index (χ4v) is 2.50. The Hall–Kier alpha value is -2.00. The van der Waals surface area contributed by atoms with Crippen molar-refractivity contribution in [2.24, 2.45) is 0 Å². The number of hydrogen-bond acceptors (Lipinski definition) is 2. The van der Waals surface area contributed by atoms with Gasteiger partial charge < -0.3 is 10.6 Å². The van der Waals surface area contributed by atoms with Gasteiger partial charge in [-0.25, -0.2) is 0 Å². The Bertz CT molecular complexity index is 688. The minimum atomic E-state index is -0.106. The number of amides is 1. The number of rotatable bonds is 4. The lowest BCUT2D eigenvalue weighted by Crippen LogP contribution is -2.22. The second-order valence-electron chi connectivity index (χ2n) is 6.71. The standard InChI is InChI=1S/C19H23ClN2O/c1-13-5-10-17(16(20)11-13)21-12-18(23)22-15-8-6-14(7-9-15)19(2,3)4/h5-11,21H,12H2,1-4H3,(H,22,23). The number of halogens is 1. The van der Waals surface area contributed by atoms with E-state index < -0.39 is 0 Å². The molecular weight excluding hydrogens is 308 g/mol. The molecular formula is C19H23ClN2O. The molecule has 23 heavy (non-hydrogen) atoms. The highest BCUT2D eigenvalue weighted by molar-refractivity contribution is 6.33. The second-order valence-corrected chi connectivity index (χ2v) is 7.12. The van der Waals surface area contributed by atoms with E-state index >= 15 is 0 Å². The second kappa shape index (κ2) is 7.05. The van der Waals surface area contributed by atoms with Gasteiger partial charge in [0.25, 0.3) is 0 Å². The van der Waals surface area contributed by atoms with Gasteiger partial charge in [0.2, 0.25) is 5.91 Å². The molecule has 0 aliphatic heterocycles. The predicted molar refractivity (Wildman–Crippen MR) is 98.5 cm³/mol. The average Bonchev–Trinajstić information content (AvgIpc) is 2.46. The molecule has 122 valence electrons. The summed E-state index contributed by atoms with van der Waals surface area (Å²) in [4.78, 5) is 12.0. The molecule has 0 spiro atoms. The van der Waals surface area contributed by atoms with Gasteiger partial charge >= 0.3 is 0 Å². The first-order valence-corrected chi connectivity index (χ1v) is 8.04. The molecule has 3 nitrogen and oxygen atoms in total. The van der Waals surface area contributed by atoms with Gasteiger partial charge in [0, 0.05) is 5.69 Å². The largest absolute Gasteiger partial charge is 0.375 e. The zero-order valence-electron chi connectivity index (χ0n) is 14.0. The van der Waals surface area contributed by atoms with Crippen molar-refractivity contribution >= 4 is 28.9 Å². The average molecular weight is 331 g/mol. The van der Waals surface area contributed by atoms with Crippen molar-refractivity contribution < 1.29 is 4.79 Å². The molecule has 0 unspecified atom stereocenters. The third-order valence-electron chi connectivity index (χ3n) is 3.60. The molecule has 4 heteroatoms. The third kappa shape index (κ3) is 5.00. The molecule has 0 aliphatic rings. The number of anilines is 2. The van der Waals surface area contributed by atoms with Crippen LogP contribution in [0.15, 0.2) is 42.5 Å². The molecule has 2 rings (SSSR count). The topological polar surface area (TPSA) is 41.1 Å². The molecule has 0 aromatic heterocycles. The number of hydrogen-bond donors (Lipinski definition) is 2. The zero-order valence-corrected chi connectivity index (χ0v) is 14.8. The molecule has 2 N–H and O–H groups in total. The number of benzene rings is 2. The summed E-state index contributed by atoms with van der Waals surface area (Å²) in [6.45, 7) is 8.63. The van der Waals surface area contributed by atoms with E-state index in [-0.39, 0.29) is 17.9 Å². The molecule has 0 bridgehead atoms. The van der Waals surface area contributed by atoms with Crippen molar-refractivity contribution in [1.82, 2.24) is 0 Å². The van der Waals surface area contributed by atoms with Gasteiger partial charge in [0.15, 0.2) is 0 Å². The van der Waals surface area contributed by atoms with Gasteiger partial charge in [-0.15, -0.1) is 0 Å². The van der Waals surface area contributed by atoms with Crippen LogP contribution < -0.4 is 10.6 Å². The highest BCUT2D eigenvalue weighted by Gasteiger charge is 2.13. The van der Waals surface area contributed by atoms with Crippen LogP contribution in [-0.2, 0) is 10.2 Å². The van der Waals surface area contributed by atoms with Crippen molar-refractivity contribution in [3.63, 3.8) is 0 Å². The van der Waals surface area contributed by atoms with Crippen LogP contribution in [0.3, 0.4) is 0 Å². The van der Waals surface area contributed by atoms with Gasteiger partial charge in [-0.05, 0) is 47.7 Å². The van der Waals surface area contributed by atoms with E-state index in [9.17, 15) is 4.79 Å². The van der Waals surface area contributed by atoms with E-state index in [1.807, 2.05) is 49.4 Å². The Labute approximate surface area is 143 Å². The van der Waals surface area contributed by atoms with Crippen molar-refractivity contribution in [3.8, 4) is 0 Å². The number of aryl methyl sites for hydroxylation is 1. The first-order chi connectivity index (χ1) is 10.8. The van der Waals surface area contributed by atoms with Crippen LogP contribution >= 0.6 is 11.6 Å². The van der Waals surface area contributed by atoms with Crippen LogP contribution in [0.4, 0.5) is 11.4 Å². The lowest BCUT2D eigenvalue weighted by molar-refractivity contribution is -0.114. The Morgan fingerprint density at radius 3 is 2.30 bits per heavy atom. The first-order valence-electron chi connectivity index (χ1n) is 7.66. The van der Waals surface area contributed by atoms with E-state index in [1.165, 1.54) is 5.56 Å². The Morgan fingerprint density at radius 1 is 1.09 bits per heavy atom. The molecule has 2 aromatic rings. The zero-order chi connectivity index (χ0) is 17.0. The minimum absolute atomic E-state index is 0.103. The Morgan fingerprint density at radius 2 is 1.74 bits per heavy atom. The van der Waals surface area contributed by atoms with Gasteiger partial charge in [-0.2, -0.15) is 0 Å². The summed E-state index contributed by atoms with van der Waals surface area (Å²) in [5.41, 5.74) is 3.98. The predicted octanol–water partition coefficient (Wildman–Crippen LogP) is 5.00. The molecule has 0 saturated carbocycles. The van der Waals surface area contributed by atoms with Crippen LogP contribution in [0.5, 0.6) is 0 Å². The van der Waals surface area contributed by atoms with Crippen LogP contribution in [-0.4, -0.2) is 12.5 Å². The molecule has 0 atom stereocenters. The summed E-state index contributed by atoms with van der Waals surface area (Å²) in [7, 11) is 0. The monoisotopic (exact) mass is 330 g/mol. The SMILES string of the molecule is Cc1ccc(NCC(=O)Nc2ccc(C(C)(C)C)cc2)c(Cl)c1. The highest BCUT2D eigenvalue weighted by Crippen LogP contribution is 2.24. The minimum Gasteiger partial charge on any atom is -0.375 e. The fourth-order valence-electron chi connectivity index (χ4n) is 2.20. The molecule has 2 aromatic carbocycles. The van der Waals surface area contributed by atoms with Crippen LogP contribution in [0.2, 0.25) is 5.02 Å². The van der Waals surface area contributed by atoms with Gasteiger partial charge in [0.1, 0.15) is 0 Å². The number of nitrogens with one attached hydrogen (secondary N) is 2. The van der Waals surface area contributed by atoms with Crippen molar-refractivity contribution in [2.45, 2.75) is 33.1 Å². The molecule has 0 radical (unpaired) electrons. The van der Waals surface area contributed by atoms with Gasteiger partial charge in [-0.3, -0.25) is 4.79 Å². The quantitative estimate of drug-likeness (QED) is 0.828. The summed E-state index contributed by atoms with van der Waals surface area (Å²) in [5.74, 6) is -0.106. The van der Waals surface area contributed by atoms with E-state index in [0.29, 0.717) is 5.02 Å². The summed E-state index contributed by atoms with van der Waals surface area (Å²) >= 11 is 6.14. The van der Waals surface area contributed by atoms with E-state index in [2.05, 4.69) is 31.4 Å². The van der Waals surface area contributed by atoms with Crippen molar-refractivity contribution in [2.75, 3.05) is 17.2 Å². The summed E-state index contributed by atoms with van der Waals surface area (Å²) in [5, 5.41) is 6.55. The Balaban J connectivity index is 1.92. The maximum absolute atomic E-state index is 12.0. The molecule has 0 fully saturated rings. The smallest absolute Gasteiger partial charge is 0.243 e.